The van der Waals surface area contributed by atoms with Crippen molar-refractivity contribution in [3.05, 3.63) is 88.4 Å². The number of halogens is 2. The molecule has 1 aromatic carbocycles. The van der Waals surface area contributed by atoms with Crippen LogP contribution in [0.2, 0.25) is 0 Å². The minimum atomic E-state index is -1.09. The Balaban J connectivity index is 1.67. The lowest BCUT2D eigenvalue weighted by molar-refractivity contribution is 0.515. The number of fused-ring (bicyclic) bond motifs is 2. The molecule has 1 N–H and O–H groups in total. The third-order valence-electron chi connectivity index (χ3n) is 5.26. The molecule has 0 atom stereocenters. The average molecular weight is 433 g/mol. The number of nitrogens with zero attached hydrogens (tertiary/aromatic N) is 6. The molecule has 4 heterocycles. The highest BCUT2D eigenvalue weighted by molar-refractivity contribution is 5.87. The maximum atomic E-state index is 14.4. The summed E-state index contributed by atoms with van der Waals surface area (Å²) in [5.41, 5.74) is 1.40. The van der Waals surface area contributed by atoms with Gasteiger partial charge in [0.15, 0.2) is 17.3 Å². The quantitative estimate of drug-likeness (QED) is 0.458. The molecule has 0 aliphatic carbocycles. The first-order valence-electron chi connectivity index (χ1n) is 9.78. The Bertz CT molecular complexity index is 1500. The fourth-order valence-electron chi connectivity index (χ4n) is 3.79. The first kappa shape index (κ1) is 19.7. The molecule has 0 aliphatic heterocycles. The van der Waals surface area contributed by atoms with Crippen molar-refractivity contribution in [2.75, 3.05) is 4.90 Å². The molecular weight excluding hydrogens is 416 g/mol. The average Bonchev–Trinajstić information content (AvgIpc) is 3.18. The van der Waals surface area contributed by atoms with Gasteiger partial charge in [-0.3, -0.25) is 14.5 Å². The Labute approximate surface area is 180 Å². The largest absolute Gasteiger partial charge is 0.347 e. The summed E-state index contributed by atoms with van der Waals surface area (Å²) in [5, 5.41) is 5.41. The van der Waals surface area contributed by atoms with Crippen LogP contribution in [0.15, 0.2) is 60.0 Å². The summed E-state index contributed by atoms with van der Waals surface area (Å²) in [6.07, 6.45) is 6.53. The van der Waals surface area contributed by atoms with Crippen molar-refractivity contribution in [3.63, 3.8) is 0 Å². The highest BCUT2D eigenvalue weighted by atomic mass is 19.2. The third-order valence-corrected chi connectivity index (χ3v) is 5.26. The predicted molar refractivity (Wildman–Crippen MR) is 115 cm³/mol. The van der Waals surface area contributed by atoms with Gasteiger partial charge in [0, 0.05) is 44.0 Å². The van der Waals surface area contributed by atoms with E-state index in [0.29, 0.717) is 29.0 Å². The Morgan fingerprint density at radius 1 is 1.09 bits per heavy atom. The van der Waals surface area contributed by atoms with Gasteiger partial charge in [0.25, 0.3) is 0 Å². The maximum Gasteiger partial charge on any atom is 0.248 e. The van der Waals surface area contributed by atoms with Crippen LogP contribution in [-0.4, -0.2) is 29.7 Å². The van der Waals surface area contributed by atoms with Gasteiger partial charge in [0.05, 0.1) is 17.1 Å². The van der Waals surface area contributed by atoms with E-state index >= 15 is 0 Å². The van der Waals surface area contributed by atoms with Gasteiger partial charge in [-0.15, -0.1) is 0 Å². The smallest absolute Gasteiger partial charge is 0.248 e. The molecule has 0 spiro atoms. The van der Waals surface area contributed by atoms with E-state index in [1.54, 1.807) is 30.3 Å². The zero-order valence-corrected chi connectivity index (χ0v) is 17.0. The molecule has 8 nitrogen and oxygen atoms in total. The first-order chi connectivity index (χ1) is 15.5. The number of benzene rings is 1. The summed E-state index contributed by atoms with van der Waals surface area (Å²) >= 11 is 0. The second-order valence-corrected chi connectivity index (χ2v) is 7.36. The van der Waals surface area contributed by atoms with Crippen LogP contribution in [0.5, 0.6) is 0 Å². The molecule has 0 saturated heterocycles. The molecule has 0 amide bonds. The van der Waals surface area contributed by atoms with Crippen LogP contribution in [0.4, 0.5) is 14.6 Å². The molecule has 0 saturated carbocycles. The summed E-state index contributed by atoms with van der Waals surface area (Å²) < 4.78 is 29.8. The standard InChI is InChI=1S/C22H17F2N7O/c1-30-21-16(9-28-30)22(27-12-26-21)31(10-13-3-2-6-25-8-13)11-14-7-18(32)29-20-15(14)4-5-17(23)19(20)24/h2-9,12H,10-11H2,1H3,(H,29,32). The highest BCUT2D eigenvalue weighted by Gasteiger charge is 2.19. The predicted octanol–water partition coefficient (Wildman–Crippen LogP) is 3.08. The summed E-state index contributed by atoms with van der Waals surface area (Å²) in [6.45, 7) is 0.619. The van der Waals surface area contributed by atoms with Crippen LogP contribution < -0.4 is 10.5 Å². The summed E-state index contributed by atoms with van der Waals surface area (Å²) in [6, 6.07) is 7.65. The van der Waals surface area contributed by atoms with E-state index < -0.39 is 17.2 Å². The van der Waals surface area contributed by atoms with Gasteiger partial charge in [0.1, 0.15) is 12.1 Å². The van der Waals surface area contributed by atoms with Gasteiger partial charge in [0.2, 0.25) is 5.56 Å². The van der Waals surface area contributed by atoms with E-state index in [-0.39, 0.29) is 12.1 Å². The van der Waals surface area contributed by atoms with Gasteiger partial charge in [-0.2, -0.15) is 5.10 Å². The van der Waals surface area contributed by atoms with E-state index in [2.05, 4.69) is 25.0 Å². The second-order valence-electron chi connectivity index (χ2n) is 7.36. The van der Waals surface area contributed by atoms with Crippen LogP contribution >= 0.6 is 0 Å². The lowest BCUT2D eigenvalue weighted by Crippen LogP contribution is -2.25. The van der Waals surface area contributed by atoms with E-state index in [1.807, 2.05) is 17.0 Å². The SMILES string of the molecule is Cn1ncc2c(N(Cc3cccnc3)Cc3cc(=O)[nH]c4c(F)c(F)ccc34)ncnc21. The number of nitrogens with one attached hydrogen (secondary N) is 1. The van der Waals surface area contributed by atoms with Crippen LogP contribution in [0.1, 0.15) is 11.1 Å². The van der Waals surface area contributed by atoms with Crippen molar-refractivity contribution < 1.29 is 8.78 Å². The van der Waals surface area contributed by atoms with Gasteiger partial charge < -0.3 is 9.88 Å². The van der Waals surface area contributed by atoms with Crippen molar-refractivity contribution in [2.24, 2.45) is 7.05 Å². The molecule has 5 aromatic rings. The molecule has 0 fully saturated rings. The molecule has 5 rings (SSSR count). The minimum Gasteiger partial charge on any atom is -0.347 e. The fraction of sp³-hybridized carbons (Fsp3) is 0.136. The normalized spacial score (nSPS) is 11.3. The number of aryl methyl sites for hydroxylation is 1. The Morgan fingerprint density at radius 3 is 2.78 bits per heavy atom. The Kier molecular flexibility index (Phi) is 4.81. The van der Waals surface area contributed by atoms with Gasteiger partial charge >= 0.3 is 0 Å². The zero-order chi connectivity index (χ0) is 22.2. The number of rotatable bonds is 5. The topological polar surface area (TPSA) is 92.6 Å². The monoisotopic (exact) mass is 433 g/mol. The lowest BCUT2D eigenvalue weighted by Gasteiger charge is -2.25. The maximum absolute atomic E-state index is 14.4. The molecule has 4 aromatic heterocycles. The van der Waals surface area contributed by atoms with Crippen LogP contribution in [-0.2, 0) is 20.1 Å². The van der Waals surface area contributed by atoms with E-state index in [1.165, 1.54) is 18.5 Å². The number of hydrogen-bond donors (Lipinski definition) is 1. The van der Waals surface area contributed by atoms with Crippen molar-refractivity contribution >= 4 is 27.8 Å². The highest BCUT2D eigenvalue weighted by Crippen LogP contribution is 2.28. The zero-order valence-electron chi connectivity index (χ0n) is 17.0. The number of pyridine rings is 2. The molecule has 0 unspecified atom stereocenters. The number of H-pyrrole nitrogens is 1. The third kappa shape index (κ3) is 3.45. The Morgan fingerprint density at radius 2 is 1.97 bits per heavy atom. The van der Waals surface area contributed by atoms with Gasteiger partial charge in [-0.25, -0.2) is 18.7 Å². The summed E-state index contributed by atoms with van der Waals surface area (Å²) in [5.74, 6) is -1.51. The lowest BCUT2D eigenvalue weighted by atomic mass is 10.1. The van der Waals surface area contributed by atoms with E-state index in [9.17, 15) is 13.6 Å². The first-order valence-corrected chi connectivity index (χ1v) is 9.78. The van der Waals surface area contributed by atoms with Crippen molar-refractivity contribution in [3.8, 4) is 0 Å². The van der Waals surface area contributed by atoms with E-state index in [4.69, 9.17) is 0 Å². The number of anilines is 1. The van der Waals surface area contributed by atoms with Gasteiger partial charge in [-0.05, 0) is 29.3 Å². The molecule has 0 radical (unpaired) electrons. The van der Waals surface area contributed by atoms with Crippen molar-refractivity contribution in [1.29, 1.82) is 0 Å². The molecular formula is C22H17F2N7O. The fourth-order valence-corrected chi connectivity index (χ4v) is 3.79. The Hall–Kier alpha value is -4.21. The number of aromatic nitrogens is 6. The van der Waals surface area contributed by atoms with Gasteiger partial charge in [-0.1, -0.05) is 6.07 Å². The second kappa shape index (κ2) is 7.80. The molecule has 0 bridgehead atoms. The minimum absolute atomic E-state index is 0.164. The van der Waals surface area contributed by atoms with Crippen LogP contribution in [0.25, 0.3) is 21.9 Å². The molecule has 10 heteroatoms. The number of hydrogen-bond acceptors (Lipinski definition) is 6. The van der Waals surface area contributed by atoms with Crippen LogP contribution in [0, 0.1) is 11.6 Å². The molecule has 160 valence electrons. The van der Waals surface area contributed by atoms with Crippen LogP contribution in [0.3, 0.4) is 0 Å². The molecule has 32 heavy (non-hydrogen) atoms. The molecule has 0 aliphatic rings. The van der Waals surface area contributed by atoms with Crippen molar-refractivity contribution in [2.45, 2.75) is 13.1 Å². The summed E-state index contributed by atoms with van der Waals surface area (Å²) in [7, 11) is 1.78. The number of aromatic amines is 1. The van der Waals surface area contributed by atoms with Crippen molar-refractivity contribution in [1.82, 2.24) is 29.7 Å². The van der Waals surface area contributed by atoms with E-state index in [0.717, 1.165) is 17.0 Å². The summed E-state index contributed by atoms with van der Waals surface area (Å²) in [4.78, 5) is 29.5.